The van der Waals surface area contributed by atoms with Crippen LogP contribution in [0.3, 0.4) is 0 Å². The highest BCUT2D eigenvalue weighted by Crippen LogP contribution is 2.34. The fourth-order valence-electron chi connectivity index (χ4n) is 2.45. The fourth-order valence-corrected chi connectivity index (χ4v) is 3.34. The molecule has 1 nitrogen and oxygen atoms in total. The van der Waals surface area contributed by atoms with Gasteiger partial charge in [0.15, 0.2) is 11.6 Å². The van der Waals surface area contributed by atoms with Crippen molar-refractivity contribution in [1.29, 1.82) is 0 Å². The van der Waals surface area contributed by atoms with E-state index in [9.17, 15) is 8.78 Å². The van der Waals surface area contributed by atoms with Gasteiger partial charge in [-0.15, -0.1) is 11.3 Å². The Kier molecular flexibility index (Phi) is 4.06. The van der Waals surface area contributed by atoms with Crippen molar-refractivity contribution in [2.24, 2.45) is 0 Å². The highest BCUT2D eigenvalue weighted by atomic mass is 32.1. The Hall–Kier alpha value is -1.68. The summed E-state index contributed by atoms with van der Waals surface area (Å²) in [5.74, 6) is -1.76. The Morgan fingerprint density at radius 1 is 1.14 bits per heavy atom. The quantitative estimate of drug-likeness (QED) is 0.679. The molecular weight excluding hydrogens is 290 g/mol. The molecule has 0 unspecified atom stereocenters. The number of thiophene rings is 1. The summed E-state index contributed by atoms with van der Waals surface area (Å²) in [5, 5.41) is 0. The number of rotatable bonds is 4. The third-order valence-corrected chi connectivity index (χ3v) is 4.63. The molecule has 0 atom stereocenters. The van der Waals surface area contributed by atoms with E-state index in [1.165, 1.54) is 17.4 Å². The summed E-state index contributed by atoms with van der Waals surface area (Å²) in [5.41, 5.74) is 1.45. The topological polar surface area (TPSA) is 9.23 Å². The second-order valence-electron chi connectivity index (χ2n) is 5.19. The van der Waals surface area contributed by atoms with Gasteiger partial charge in [-0.1, -0.05) is 6.08 Å². The molecule has 21 heavy (non-hydrogen) atoms. The zero-order valence-electron chi connectivity index (χ0n) is 11.8. The monoisotopic (exact) mass is 306 g/mol. The van der Waals surface area contributed by atoms with Crippen LogP contribution in [0.1, 0.15) is 24.1 Å². The zero-order chi connectivity index (χ0) is 14.8. The highest BCUT2D eigenvalue weighted by molar-refractivity contribution is 7.15. The molecule has 3 rings (SSSR count). The van der Waals surface area contributed by atoms with Gasteiger partial charge >= 0.3 is 0 Å². The van der Waals surface area contributed by atoms with E-state index in [1.807, 2.05) is 19.1 Å². The maximum atomic E-state index is 14.2. The largest absolute Gasteiger partial charge is 0.486 e. The first kappa shape index (κ1) is 14.3. The molecule has 1 aromatic carbocycles. The van der Waals surface area contributed by atoms with Crippen molar-refractivity contribution in [3.05, 3.63) is 52.4 Å². The van der Waals surface area contributed by atoms with Gasteiger partial charge in [0.25, 0.3) is 0 Å². The molecule has 0 aliphatic heterocycles. The molecule has 0 bridgehead atoms. The fraction of sp³-hybridized carbons (Fsp3) is 0.294. The molecule has 0 amide bonds. The summed E-state index contributed by atoms with van der Waals surface area (Å²) in [7, 11) is 0. The van der Waals surface area contributed by atoms with Crippen molar-refractivity contribution in [3.8, 4) is 16.2 Å². The van der Waals surface area contributed by atoms with E-state index in [-0.39, 0.29) is 11.3 Å². The number of hydrogen-bond donors (Lipinski definition) is 0. The molecule has 1 heterocycles. The summed E-state index contributed by atoms with van der Waals surface area (Å²) in [6, 6.07) is 6.80. The van der Waals surface area contributed by atoms with Crippen LogP contribution in [-0.2, 0) is 0 Å². The van der Waals surface area contributed by atoms with Crippen LogP contribution in [0.25, 0.3) is 10.4 Å². The molecule has 0 N–H and O–H groups in total. The van der Waals surface area contributed by atoms with Gasteiger partial charge in [-0.25, -0.2) is 4.39 Å². The minimum atomic E-state index is -0.905. The van der Waals surface area contributed by atoms with Crippen LogP contribution < -0.4 is 4.74 Å². The Morgan fingerprint density at radius 2 is 2.00 bits per heavy atom. The van der Waals surface area contributed by atoms with Gasteiger partial charge in [0.1, 0.15) is 6.61 Å². The Balaban J connectivity index is 1.82. The Bertz CT molecular complexity index is 688. The first-order valence-electron chi connectivity index (χ1n) is 7.00. The molecule has 0 saturated heterocycles. The minimum Gasteiger partial charge on any atom is -0.486 e. The molecule has 2 aromatic rings. The molecule has 1 aromatic heterocycles. The van der Waals surface area contributed by atoms with E-state index in [0.29, 0.717) is 6.61 Å². The van der Waals surface area contributed by atoms with Crippen LogP contribution in [0.5, 0.6) is 5.75 Å². The SMILES string of the molecule is Cc1ccc(-c2ccc(OCC3=CCCC3)c(F)c2F)s1. The van der Waals surface area contributed by atoms with Crippen molar-refractivity contribution in [2.45, 2.75) is 26.2 Å². The van der Waals surface area contributed by atoms with Crippen molar-refractivity contribution in [1.82, 2.24) is 0 Å². The Labute approximate surface area is 126 Å². The molecule has 0 saturated carbocycles. The molecule has 1 aliphatic rings. The smallest absolute Gasteiger partial charge is 0.201 e. The van der Waals surface area contributed by atoms with E-state index in [2.05, 4.69) is 6.08 Å². The number of aryl methyl sites for hydroxylation is 1. The van der Waals surface area contributed by atoms with E-state index in [4.69, 9.17) is 4.74 Å². The molecule has 0 radical (unpaired) electrons. The van der Waals surface area contributed by atoms with Crippen LogP contribution in [0.4, 0.5) is 8.78 Å². The lowest BCUT2D eigenvalue weighted by Crippen LogP contribution is -2.03. The third kappa shape index (κ3) is 3.00. The predicted octanol–water partition coefficient (Wildman–Crippen LogP) is 5.49. The van der Waals surface area contributed by atoms with Gasteiger partial charge in [0, 0.05) is 15.3 Å². The molecule has 110 valence electrons. The van der Waals surface area contributed by atoms with Crippen molar-refractivity contribution >= 4 is 11.3 Å². The summed E-state index contributed by atoms with van der Waals surface area (Å²) >= 11 is 1.45. The van der Waals surface area contributed by atoms with Crippen LogP contribution in [0.15, 0.2) is 35.9 Å². The van der Waals surface area contributed by atoms with E-state index in [0.717, 1.165) is 34.6 Å². The van der Waals surface area contributed by atoms with Gasteiger partial charge < -0.3 is 4.74 Å². The van der Waals surface area contributed by atoms with Crippen LogP contribution in [-0.4, -0.2) is 6.61 Å². The number of hydrogen-bond acceptors (Lipinski definition) is 2. The lowest BCUT2D eigenvalue weighted by atomic mass is 10.1. The van der Waals surface area contributed by atoms with Crippen molar-refractivity contribution in [3.63, 3.8) is 0 Å². The zero-order valence-corrected chi connectivity index (χ0v) is 12.6. The standard InChI is InChI=1S/C17H16F2OS/c1-11-6-9-15(21-11)13-7-8-14(17(19)16(13)18)20-10-12-4-2-3-5-12/h4,6-9H,2-3,5,10H2,1H3. The number of ether oxygens (including phenoxy) is 1. The maximum absolute atomic E-state index is 14.2. The second-order valence-corrected chi connectivity index (χ2v) is 6.48. The summed E-state index contributed by atoms with van der Waals surface area (Å²) in [6.07, 6.45) is 5.26. The van der Waals surface area contributed by atoms with E-state index in [1.54, 1.807) is 6.07 Å². The average Bonchev–Trinajstić information content (AvgIpc) is 3.12. The number of benzene rings is 1. The summed E-state index contributed by atoms with van der Waals surface area (Å²) in [6.45, 7) is 2.28. The van der Waals surface area contributed by atoms with Crippen LogP contribution in [0.2, 0.25) is 0 Å². The highest BCUT2D eigenvalue weighted by Gasteiger charge is 2.17. The predicted molar refractivity (Wildman–Crippen MR) is 81.8 cm³/mol. The lowest BCUT2D eigenvalue weighted by Gasteiger charge is -2.10. The molecule has 4 heteroatoms. The third-order valence-electron chi connectivity index (χ3n) is 3.60. The van der Waals surface area contributed by atoms with Crippen LogP contribution in [0, 0.1) is 18.6 Å². The van der Waals surface area contributed by atoms with Crippen molar-refractivity contribution < 1.29 is 13.5 Å². The molecular formula is C17H16F2OS. The average molecular weight is 306 g/mol. The summed E-state index contributed by atoms with van der Waals surface area (Å²) < 4.78 is 33.7. The van der Waals surface area contributed by atoms with Gasteiger partial charge in [-0.2, -0.15) is 4.39 Å². The summed E-state index contributed by atoms with van der Waals surface area (Å²) in [4.78, 5) is 1.80. The van der Waals surface area contributed by atoms with Crippen LogP contribution >= 0.6 is 11.3 Å². The minimum absolute atomic E-state index is 0.0164. The maximum Gasteiger partial charge on any atom is 0.201 e. The lowest BCUT2D eigenvalue weighted by molar-refractivity contribution is 0.322. The van der Waals surface area contributed by atoms with Crippen molar-refractivity contribution in [2.75, 3.05) is 6.61 Å². The van der Waals surface area contributed by atoms with Gasteiger partial charge in [0.2, 0.25) is 5.82 Å². The first-order chi connectivity index (χ1) is 10.1. The van der Waals surface area contributed by atoms with Gasteiger partial charge in [-0.3, -0.25) is 0 Å². The number of halogens is 2. The van der Waals surface area contributed by atoms with E-state index >= 15 is 0 Å². The molecule has 1 aliphatic carbocycles. The molecule has 0 fully saturated rings. The first-order valence-corrected chi connectivity index (χ1v) is 7.82. The van der Waals surface area contributed by atoms with Gasteiger partial charge in [0.05, 0.1) is 0 Å². The van der Waals surface area contributed by atoms with E-state index < -0.39 is 11.6 Å². The second kappa shape index (κ2) is 5.98. The molecule has 0 spiro atoms. The van der Waals surface area contributed by atoms with Gasteiger partial charge in [-0.05, 0) is 56.0 Å². The normalized spacial score (nSPS) is 14.3. The Morgan fingerprint density at radius 3 is 2.67 bits per heavy atom. The number of allylic oxidation sites excluding steroid dienone is 1.